The molecule has 132 valence electrons. The second kappa shape index (κ2) is 9.19. The van der Waals surface area contributed by atoms with Crippen LogP contribution in [-0.2, 0) is 26.0 Å². The second-order valence-electron chi connectivity index (χ2n) is 5.29. The van der Waals surface area contributed by atoms with Crippen LogP contribution in [0.1, 0.15) is 18.9 Å². The molecule has 8 heteroatoms. The van der Waals surface area contributed by atoms with E-state index < -0.39 is 10.0 Å². The molecule has 0 bridgehead atoms. The monoisotopic (exact) mass is 353 g/mol. The number of nitrogens with two attached hydrogens (primary N) is 1. The molecule has 0 aliphatic heterocycles. The Kier molecular flexibility index (Phi) is 7.60. The summed E-state index contributed by atoms with van der Waals surface area (Å²) in [5, 5.41) is 7.70. The fourth-order valence-electron chi connectivity index (χ4n) is 2.05. The zero-order chi connectivity index (χ0) is 18.2. The molecule has 7 nitrogen and oxygen atoms in total. The van der Waals surface area contributed by atoms with Crippen molar-refractivity contribution in [2.45, 2.75) is 24.7 Å². The Labute approximate surface area is 142 Å². The predicted molar refractivity (Wildman–Crippen MR) is 91.6 cm³/mol. The minimum atomic E-state index is -3.71. The van der Waals surface area contributed by atoms with Gasteiger partial charge in [-0.15, -0.1) is 6.58 Å². The smallest absolute Gasteiger partial charge is 0.238 e. The summed E-state index contributed by atoms with van der Waals surface area (Å²) in [4.78, 5) is 24.9. The first-order valence-electron chi connectivity index (χ1n) is 7.49. The van der Waals surface area contributed by atoms with Crippen molar-refractivity contribution >= 4 is 21.8 Å². The lowest BCUT2D eigenvalue weighted by Crippen LogP contribution is -2.35. The number of hydrogen-bond acceptors (Lipinski definition) is 4. The summed E-state index contributed by atoms with van der Waals surface area (Å²) in [5.74, 6) is -0.258. The fraction of sp³-hybridized carbons (Fsp3) is 0.375. The zero-order valence-electron chi connectivity index (χ0n) is 13.7. The molecule has 1 aromatic carbocycles. The van der Waals surface area contributed by atoms with Crippen LogP contribution in [0.5, 0.6) is 0 Å². The van der Waals surface area contributed by atoms with Gasteiger partial charge in [0.15, 0.2) is 0 Å². The summed E-state index contributed by atoms with van der Waals surface area (Å²) in [6, 6.07) is 6.20. The number of nitrogens with zero attached hydrogens (tertiary/aromatic N) is 1. The van der Waals surface area contributed by atoms with Crippen molar-refractivity contribution < 1.29 is 18.0 Å². The third-order valence-electron chi connectivity index (χ3n) is 3.42. The van der Waals surface area contributed by atoms with E-state index in [0.29, 0.717) is 26.1 Å². The van der Waals surface area contributed by atoms with Gasteiger partial charge in [0.1, 0.15) is 0 Å². The molecular formula is C16H23N3O4S. The summed E-state index contributed by atoms with van der Waals surface area (Å²) < 4.78 is 22.4. The van der Waals surface area contributed by atoms with E-state index >= 15 is 0 Å². The molecule has 0 atom stereocenters. The fourth-order valence-corrected chi connectivity index (χ4v) is 2.56. The summed E-state index contributed by atoms with van der Waals surface area (Å²) in [6.07, 6.45) is 2.36. The maximum atomic E-state index is 11.7. The van der Waals surface area contributed by atoms with Gasteiger partial charge in [0.05, 0.1) is 4.90 Å². The Hall–Kier alpha value is -2.19. The number of hydrogen-bond donors (Lipinski definition) is 2. The van der Waals surface area contributed by atoms with Gasteiger partial charge in [-0.2, -0.15) is 0 Å². The van der Waals surface area contributed by atoms with Crippen LogP contribution < -0.4 is 10.5 Å². The number of nitrogens with one attached hydrogen (secondary N) is 1. The van der Waals surface area contributed by atoms with Crippen molar-refractivity contribution in [3.63, 3.8) is 0 Å². The molecule has 1 rings (SSSR count). The van der Waals surface area contributed by atoms with Gasteiger partial charge in [-0.05, 0) is 24.1 Å². The van der Waals surface area contributed by atoms with E-state index in [1.54, 1.807) is 23.1 Å². The van der Waals surface area contributed by atoms with Crippen molar-refractivity contribution in [2.75, 3.05) is 19.6 Å². The Morgan fingerprint density at radius 3 is 2.38 bits per heavy atom. The number of carbonyl (C=O) groups excluding carboxylic acids is 2. The van der Waals surface area contributed by atoms with Crippen molar-refractivity contribution in [3.05, 3.63) is 42.5 Å². The highest BCUT2D eigenvalue weighted by Gasteiger charge is 2.12. The van der Waals surface area contributed by atoms with Crippen LogP contribution in [0.2, 0.25) is 0 Å². The van der Waals surface area contributed by atoms with Gasteiger partial charge >= 0.3 is 0 Å². The minimum absolute atomic E-state index is 0.0496. The normalized spacial score (nSPS) is 10.9. The van der Waals surface area contributed by atoms with Gasteiger partial charge in [0.25, 0.3) is 0 Å². The molecule has 0 unspecified atom stereocenters. The molecule has 0 aliphatic rings. The van der Waals surface area contributed by atoms with E-state index in [9.17, 15) is 18.0 Å². The lowest BCUT2D eigenvalue weighted by atomic mass is 10.1. The topological polar surface area (TPSA) is 110 Å². The Morgan fingerprint density at radius 1 is 1.25 bits per heavy atom. The summed E-state index contributed by atoms with van der Waals surface area (Å²) in [6.45, 7) is 6.13. The van der Waals surface area contributed by atoms with Gasteiger partial charge in [0, 0.05) is 33.0 Å². The van der Waals surface area contributed by atoms with Crippen LogP contribution >= 0.6 is 0 Å². The molecule has 0 radical (unpaired) electrons. The first-order valence-corrected chi connectivity index (χ1v) is 9.03. The van der Waals surface area contributed by atoms with E-state index in [2.05, 4.69) is 11.9 Å². The van der Waals surface area contributed by atoms with Crippen molar-refractivity contribution in [3.8, 4) is 0 Å². The molecule has 2 amide bonds. The number of benzene rings is 1. The third kappa shape index (κ3) is 6.93. The first kappa shape index (κ1) is 19.9. The Morgan fingerprint density at radius 2 is 1.88 bits per heavy atom. The lowest BCUT2D eigenvalue weighted by molar-refractivity contribution is -0.129. The van der Waals surface area contributed by atoms with E-state index in [-0.39, 0.29) is 23.1 Å². The van der Waals surface area contributed by atoms with Gasteiger partial charge in [-0.1, -0.05) is 18.2 Å². The van der Waals surface area contributed by atoms with Crippen LogP contribution in [0.25, 0.3) is 0 Å². The molecular weight excluding hydrogens is 330 g/mol. The summed E-state index contributed by atoms with van der Waals surface area (Å²) >= 11 is 0. The Balaban J connectivity index is 2.56. The predicted octanol–water partition coefficient (Wildman–Crippen LogP) is 0.417. The minimum Gasteiger partial charge on any atom is -0.353 e. The van der Waals surface area contributed by atoms with Crippen LogP contribution in [0.3, 0.4) is 0 Å². The van der Waals surface area contributed by atoms with Crippen LogP contribution in [0.4, 0.5) is 0 Å². The highest BCUT2D eigenvalue weighted by Crippen LogP contribution is 2.10. The summed E-state index contributed by atoms with van der Waals surface area (Å²) in [7, 11) is -3.71. The lowest BCUT2D eigenvalue weighted by Gasteiger charge is -2.20. The molecule has 0 fully saturated rings. The molecule has 3 N–H and O–H groups in total. The van der Waals surface area contributed by atoms with E-state index in [1.165, 1.54) is 19.1 Å². The number of rotatable bonds is 9. The van der Waals surface area contributed by atoms with Gasteiger partial charge < -0.3 is 10.2 Å². The van der Waals surface area contributed by atoms with Gasteiger partial charge in [0.2, 0.25) is 21.8 Å². The second-order valence-corrected chi connectivity index (χ2v) is 6.85. The van der Waals surface area contributed by atoms with Crippen LogP contribution in [0.15, 0.2) is 41.8 Å². The van der Waals surface area contributed by atoms with E-state index in [0.717, 1.165) is 5.56 Å². The molecule has 0 spiro atoms. The number of amides is 2. The van der Waals surface area contributed by atoms with E-state index in [4.69, 9.17) is 5.14 Å². The van der Waals surface area contributed by atoms with Gasteiger partial charge in [-0.3, -0.25) is 9.59 Å². The molecule has 0 aliphatic carbocycles. The molecule has 0 aromatic heterocycles. The van der Waals surface area contributed by atoms with Gasteiger partial charge in [-0.25, -0.2) is 13.6 Å². The number of sulfonamides is 1. The average Bonchev–Trinajstić information content (AvgIpc) is 2.52. The summed E-state index contributed by atoms with van der Waals surface area (Å²) in [5.41, 5.74) is 0.879. The first-order chi connectivity index (χ1) is 11.2. The van der Waals surface area contributed by atoms with Crippen LogP contribution in [-0.4, -0.2) is 44.8 Å². The van der Waals surface area contributed by atoms with Crippen molar-refractivity contribution in [2.24, 2.45) is 5.14 Å². The zero-order valence-corrected chi connectivity index (χ0v) is 14.5. The molecule has 0 saturated heterocycles. The highest BCUT2D eigenvalue weighted by molar-refractivity contribution is 7.89. The van der Waals surface area contributed by atoms with Crippen molar-refractivity contribution in [1.82, 2.24) is 10.2 Å². The molecule has 1 aromatic rings. The number of carbonyl (C=O) groups is 2. The van der Waals surface area contributed by atoms with Crippen LogP contribution in [0, 0.1) is 0 Å². The third-order valence-corrected chi connectivity index (χ3v) is 4.35. The maximum Gasteiger partial charge on any atom is 0.238 e. The average molecular weight is 353 g/mol. The quantitative estimate of drug-likeness (QED) is 0.627. The highest BCUT2D eigenvalue weighted by atomic mass is 32.2. The van der Waals surface area contributed by atoms with E-state index in [1.807, 2.05) is 0 Å². The standard InChI is InChI=1S/C16H23N3O4S/c1-3-10-18-16(21)9-12-19(13(2)20)11-8-14-4-6-15(7-5-14)24(17,22)23/h3-7H,1,8-12H2,2H3,(H,18,21)(H2,17,22,23). The maximum absolute atomic E-state index is 11.7. The Bertz CT molecular complexity index is 684. The largest absolute Gasteiger partial charge is 0.353 e. The van der Waals surface area contributed by atoms with Crippen molar-refractivity contribution in [1.29, 1.82) is 0 Å². The SMILES string of the molecule is C=CCNC(=O)CCN(CCc1ccc(S(N)(=O)=O)cc1)C(C)=O. The molecule has 0 saturated carbocycles. The number of primary sulfonamides is 1. The molecule has 24 heavy (non-hydrogen) atoms. The molecule has 0 heterocycles.